The summed E-state index contributed by atoms with van der Waals surface area (Å²) in [5.41, 5.74) is 31.1. The van der Waals surface area contributed by atoms with Crippen LogP contribution in [-0.2, 0) is 77.0 Å². The van der Waals surface area contributed by atoms with E-state index in [0.717, 1.165) is 77.0 Å². The summed E-state index contributed by atoms with van der Waals surface area (Å²) in [5, 5.41) is 3.58. The van der Waals surface area contributed by atoms with Crippen molar-refractivity contribution in [1.82, 2.24) is 0 Å². The fraction of sp³-hybridized carbons (Fsp3) is 0.308. The van der Waals surface area contributed by atoms with E-state index >= 15 is 0 Å². The zero-order valence-electron chi connectivity index (χ0n) is 50.5. The molecule has 0 aliphatic rings. The molecule has 80 heavy (non-hydrogen) atoms. The van der Waals surface area contributed by atoms with E-state index in [1.807, 2.05) is 0 Å². The van der Waals surface area contributed by atoms with Crippen LogP contribution in [0.15, 0.2) is 164 Å². The van der Waals surface area contributed by atoms with Gasteiger partial charge >= 0.3 is 0 Å². The maximum absolute atomic E-state index is 9.51. The first-order chi connectivity index (χ1) is 38.8. The quantitative estimate of drug-likeness (QED) is 0.0382. The van der Waals surface area contributed by atoms with Gasteiger partial charge in [-0.1, -0.05) is 229 Å². The second-order valence-electron chi connectivity index (χ2n) is 22.5. The molecule has 0 fully saturated rings. The Morgan fingerprint density at radius 2 is 0.287 bits per heavy atom. The van der Waals surface area contributed by atoms with E-state index in [0.29, 0.717) is 0 Å². The summed E-state index contributed by atoms with van der Waals surface area (Å²) in [6, 6.07) is 66.1. The van der Waals surface area contributed by atoms with Crippen LogP contribution in [0.5, 0.6) is 0 Å². The third kappa shape index (κ3) is 12.7. The SMILES string of the molecule is CCc1cc(CC)cc(-c2cc(-c3cc(CC)cc(CC)c3)cc([Si](Cl)(c3cc(-c4cc(CC)cc(CC)c4)cc(-c4cc(CC)cc(CC)c4)c3)c3cc(-c4cc(CC)cc(CC)c4)cc(-c4cc(CC)cc(CC)c4)c3)c2)c1. The van der Waals surface area contributed by atoms with Crippen LogP contribution in [-0.4, -0.2) is 7.38 Å². The molecule has 0 aliphatic heterocycles. The lowest BCUT2D eigenvalue weighted by Gasteiger charge is -2.30. The molecule has 0 N–H and O–H groups in total. The molecule has 9 aromatic carbocycles. The number of benzene rings is 9. The Kier molecular flexibility index (Phi) is 18.9. The van der Waals surface area contributed by atoms with Gasteiger partial charge in [0, 0.05) is 0 Å². The molecule has 0 unspecified atom stereocenters. The standard InChI is InChI=1S/C78H87ClSi/c1-13-52-25-53(14-2)32-64(31-52)70-43-71(65-33-54(15-3)26-55(16-4)34-65)47-76(46-70)80(79,77-48-72(66-35-56(17-5)27-57(18-6)36-66)44-73(49-77)67-37-58(19-7)28-59(20-8)38-67)78-50-74(68-39-60(21-9)29-61(22-10)40-68)45-75(51-78)69-41-62(23-11)30-63(24-12)42-69/h25-51H,13-24H2,1-12H3. The second kappa shape index (κ2) is 25.9. The minimum Gasteiger partial charge on any atom is -0.149 e. The Bertz CT molecular complexity index is 2930. The molecule has 410 valence electrons. The Balaban J connectivity index is 1.49. The summed E-state index contributed by atoms with van der Waals surface area (Å²) in [4.78, 5) is 0. The van der Waals surface area contributed by atoms with Gasteiger partial charge in [-0.05, 0) is 244 Å². The largest absolute Gasteiger partial charge is 0.248 e. The third-order valence-corrected chi connectivity index (χ3v) is 22.4. The minimum absolute atomic E-state index is 0.973. The van der Waals surface area contributed by atoms with E-state index in [9.17, 15) is 11.1 Å². The molecule has 0 radical (unpaired) electrons. The van der Waals surface area contributed by atoms with Crippen molar-refractivity contribution in [2.45, 2.75) is 160 Å². The molecule has 0 atom stereocenters. The number of rotatable bonds is 21. The summed E-state index contributed by atoms with van der Waals surface area (Å²) in [6.07, 6.45) is 11.7. The smallest absolute Gasteiger partial charge is 0.149 e. The van der Waals surface area contributed by atoms with E-state index < -0.39 is 7.38 Å². The molecule has 0 heterocycles. The van der Waals surface area contributed by atoms with Gasteiger partial charge in [0.2, 0.25) is 7.38 Å². The van der Waals surface area contributed by atoms with E-state index in [-0.39, 0.29) is 0 Å². The zero-order valence-corrected chi connectivity index (χ0v) is 52.2. The average Bonchev–Trinajstić information content (AvgIpc) is 3.62. The number of aryl methyl sites for hydroxylation is 12. The van der Waals surface area contributed by atoms with Crippen molar-refractivity contribution in [2.75, 3.05) is 0 Å². The van der Waals surface area contributed by atoms with Gasteiger partial charge in [-0.25, -0.2) is 0 Å². The van der Waals surface area contributed by atoms with Gasteiger partial charge in [0.15, 0.2) is 0 Å². The lowest BCUT2D eigenvalue weighted by molar-refractivity contribution is 1.09. The molecular weight excluding hydrogens is 1000 g/mol. The summed E-state index contributed by atoms with van der Waals surface area (Å²) >= 11 is 9.51. The number of hydrogen-bond donors (Lipinski definition) is 0. The molecule has 9 aromatic rings. The number of hydrogen-bond acceptors (Lipinski definition) is 0. The van der Waals surface area contributed by atoms with Gasteiger partial charge in [0.25, 0.3) is 0 Å². The van der Waals surface area contributed by atoms with Crippen LogP contribution in [0.25, 0.3) is 66.8 Å². The monoisotopic (exact) mass is 1090 g/mol. The first-order valence-corrected chi connectivity index (χ1v) is 33.8. The van der Waals surface area contributed by atoms with Crippen LogP contribution in [0, 0.1) is 0 Å². The van der Waals surface area contributed by atoms with Crippen molar-refractivity contribution in [2.24, 2.45) is 0 Å². The van der Waals surface area contributed by atoms with E-state index in [2.05, 4.69) is 247 Å². The van der Waals surface area contributed by atoms with Crippen molar-refractivity contribution < 1.29 is 0 Å². The number of halogens is 1. The fourth-order valence-corrected chi connectivity index (χ4v) is 16.1. The van der Waals surface area contributed by atoms with Crippen molar-refractivity contribution in [3.05, 3.63) is 231 Å². The normalized spacial score (nSPS) is 11.7. The van der Waals surface area contributed by atoms with Crippen LogP contribution in [0.3, 0.4) is 0 Å². The molecule has 0 aromatic heterocycles. The minimum atomic E-state index is -3.65. The first-order valence-electron chi connectivity index (χ1n) is 30.8. The van der Waals surface area contributed by atoms with Crippen molar-refractivity contribution >= 4 is 34.0 Å². The zero-order chi connectivity index (χ0) is 56.7. The van der Waals surface area contributed by atoms with Gasteiger partial charge in [0.1, 0.15) is 0 Å². The second-order valence-corrected chi connectivity index (χ2v) is 27.3. The predicted molar refractivity (Wildman–Crippen MR) is 355 cm³/mol. The summed E-state index contributed by atoms with van der Waals surface area (Å²) in [6.45, 7) is 27.4. The Morgan fingerprint density at radius 3 is 0.400 bits per heavy atom. The van der Waals surface area contributed by atoms with E-state index in [4.69, 9.17) is 0 Å². The lowest BCUT2D eigenvalue weighted by atomic mass is 9.93. The van der Waals surface area contributed by atoms with Gasteiger partial charge in [-0.2, -0.15) is 0 Å². The van der Waals surface area contributed by atoms with Crippen molar-refractivity contribution in [1.29, 1.82) is 0 Å². The van der Waals surface area contributed by atoms with Crippen molar-refractivity contribution in [3.8, 4) is 66.8 Å². The van der Waals surface area contributed by atoms with Crippen LogP contribution in [0.2, 0.25) is 0 Å². The molecule has 0 bridgehead atoms. The Labute approximate surface area is 488 Å². The molecular formula is C78H87ClSi. The van der Waals surface area contributed by atoms with Gasteiger partial charge < -0.3 is 0 Å². The van der Waals surface area contributed by atoms with Crippen molar-refractivity contribution in [3.63, 3.8) is 0 Å². The highest BCUT2D eigenvalue weighted by atomic mass is 35.6. The molecule has 9 rings (SSSR count). The van der Waals surface area contributed by atoms with E-state index in [1.165, 1.54) is 149 Å². The lowest BCUT2D eigenvalue weighted by Crippen LogP contribution is -2.63. The van der Waals surface area contributed by atoms with Gasteiger partial charge in [-0.15, -0.1) is 11.1 Å². The fourth-order valence-electron chi connectivity index (χ4n) is 12.0. The average molecular weight is 1090 g/mol. The predicted octanol–water partition coefficient (Wildman–Crippen LogP) is 19.6. The highest BCUT2D eigenvalue weighted by Crippen LogP contribution is 2.37. The summed E-state index contributed by atoms with van der Waals surface area (Å²) < 4.78 is 0. The summed E-state index contributed by atoms with van der Waals surface area (Å²) in [5.74, 6) is 0. The third-order valence-electron chi connectivity index (χ3n) is 17.2. The molecule has 0 aliphatic carbocycles. The van der Waals surface area contributed by atoms with Crippen LogP contribution >= 0.6 is 11.1 Å². The van der Waals surface area contributed by atoms with Gasteiger partial charge in [-0.3, -0.25) is 0 Å². The highest BCUT2D eigenvalue weighted by Gasteiger charge is 2.40. The molecule has 0 spiro atoms. The van der Waals surface area contributed by atoms with Gasteiger partial charge in [0.05, 0.1) is 0 Å². The van der Waals surface area contributed by atoms with E-state index in [1.54, 1.807) is 0 Å². The molecule has 0 saturated carbocycles. The molecule has 0 amide bonds. The molecule has 2 heteroatoms. The Hall–Kier alpha value is -6.51. The highest BCUT2D eigenvalue weighted by molar-refractivity contribution is 7.40. The summed E-state index contributed by atoms with van der Waals surface area (Å²) in [7, 11) is -3.65. The maximum atomic E-state index is 9.51. The van der Waals surface area contributed by atoms with Crippen LogP contribution < -0.4 is 15.6 Å². The maximum Gasteiger partial charge on any atom is 0.248 e. The Morgan fingerprint density at radius 1 is 0.175 bits per heavy atom. The van der Waals surface area contributed by atoms with Crippen LogP contribution in [0.1, 0.15) is 150 Å². The van der Waals surface area contributed by atoms with Crippen LogP contribution in [0.4, 0.5) is 0 Å². The topological polar surface area (TPSA) is 0 Å². The molecule has 0 nitrogen and oxygen atoms in total. The molecule has 0 saturated heterocycles. The first kappa shape index (κ1) is 58.2.